The quantitative estimate of drug-likeness (QED) is 0.691. The van der Waals surface area contributed by atoms with E-state index in [9.17, 15) is 9.59 Å². The molecular formula is C19H25N5O2. The van der Waals surface area contributed by atoms with E-state index in [0.717, 1.165) is 17.0 Å². The average Bonchev–Trinajstić information content (AvgIpc) is 2.56. The monoisotopic (exact) mass is 355 g/mol. The van der Waals surface area contributed by atoms with Gasteiger partial charge in [-0.1, -0.05) is 32.0 Å². The Balaban J connectivity index is 2.05. The van der Waals surface area contributed by atoms with Gasteiger partial charge in [0.1, 0.15) is 6.04 Å². The molecule has 0 aliphatic heterocycles. The van der Waals surface area contributed by atoms with Crippen LogP contribution in [0.1, 0.15) is 41.2 Å². The SMILES string of the molecule is Cc1cc(C)nc(NNC(=O)[C@H](NC(=O)c2ccccc2C)C(C)C)n1. The number of anilines is 1. The molecule has 0 fully saturated rings. The normalized spacial score (nSPS) is 11.8. The molecule has 1 heterocycles. The Bertz CT molecular complexity index is 784. The molecule has 7 heteroatoms. The number of nitrogens with one attached hydrogen (secondary N) is 3. The highest BCUT2D eigenvalue weighted by Crippen LogP contribution is 2.09. The van der Waals surface area contributed by atoms with Crippen LogP contribution in [0.5, 0.6) is 0 Å². The minimum Gasteiger partial charge on any atom is -0.340 e. The number of rotatable bonds is 6. The first kappa shape index (κ1) is 19.4. The van der Waals surface area contributed by atoms with Crippen molar-refractivity contribution in [3.63, 3.8) is 0 Å². The van der Waals surface area contributed by atoms with Gasteiger partial charge in [0.25, 0.3) is 11.8 Å². The summed E-state index contributed by atoms with van der Waals surface area (Å²) in [6.45, 7) is 9.30. The van der Waals surface area contributed by atoms with Crippen molar-refractivity contribution in [2.24, 2.45) is 5.92 Å². The predicted molar refractivity (Wildman–Crippen MR) is 101 cm³/mol. The summed E-state index contributed by atoms with van der Waals surface area (Å²) in [5, 5.41) is 2.80. The number of aromatic nitrogens is 2. The van der Waals surface area contributed by atoms with E-state index in [1.807, 2.05) is 52.8 Å². The number of hydrazine groups is 1. The second-order valence-corrected chi connectivity index (χ2v) is 6.60. The molecule has 1 aromatic carbocycles. The van der Waals surface area contributed by atoms with Crippen molar-refractivity contribution >= 4 is 17.8 Å². The average molecular weight is 355 g/mol. The van der Waals surface area contributed by atoms with Crippen molar-refractivity contribution in [2.75, 3.05) is 5.43 Å². The smallest absolute Gasteiger partial charge is 0.261 e. The maximum Gasteiger partial charge on any atom is 0.261 e. The minimum absolute atomic E-state index is 0.0927. The zero-order valence-corrected chi connectivity index (χ0v) is 15.8. The number of nitrogens with zero attached hydrogens (tertiary/aromatic N) is 2. The zero-order valence-electron chi connectivity index (χ0n) is 15.8. The van der Waals surface area contributed by atoms with Crippen molar-refractivity contribution < 1.29 is 9.59 Å². The minimum atomic E-state index is -0.694. The molecule has 0 saturated heterocycles. The molecule has 2 aromatic rings. The fraction of sp³-hybridized carbons (Fsp3) is 0.368. The molecule has 0 aliphatic carbocycles. The number of carbonyl (C=O) groups excluding carboxylic acids is 2. The molecule has 3 N–H and O–H groups in total. The third-order valence-corrected chi connectivity index (χ3v) is 3.91. The number of amides is 2. The number of benzene rings is 1. The molecule has 2 amide bonds. The van der Waals surface area contributed by atoms with E-state index in [0.29, 0.717) is 11.5 Å². The summed E-state index contributed by atoms with van der Waals surface area (Å²) in [6, 6.07) is 8.41. The van der Waals surface area contributed by atoms with Crippen LogP contribution in [0.25, 0.3) is 0 Å². The Morgan fingerprint density at radius 2 is 1.62 bits per heavy atom. The topological polar surface area (TPSA) is 96.0 Å². The summed E-state index contributed by atoms with van der Waals surface area (Å²) in [7, 11) is 0. The van der Waals surface area contributed by atoms with Crippen LogP contribution in [0.3, 0.4) is 0 Å². The highest BCUT2D eigenvalue weighted by molar-refractivity contribution is 5.98. The summed E-state index contributed by atoms with van der Waals surface area (Å²) >= 11 is 0. The largest absolute Gasteiger partial charge is 0.340 e. The molecule has 0 bridgehead atoms. The van der Waals surface area contributed by atoms with Gasteiger partial charge in [0.15, 0.2) is 0 Å². The Morgan fingerprint density at radius 1 is 1.00 bits per heavy atom. The maximum absolute atomic E-state index is 12.5. The van der Waals surface area contributed by atoms with E-state index in [1.165, 1.54) is 0 Å². The first-order chi connectivity index (χ1) is 12.3. The highest BCUT2D eigenvalue weighted by atomic mass is 16.2. The van der Waals surface area contributed by atoms with Crippen LogP contribution in [0.15, 0.2) is 30.3 Å². The van der Waals surface area contributed by atoms with Crippen LogP contribution in [-0.2, 0) is 4.79 Å². The zero-order chi connectivity index (χ0) is 19.3. The van der Waals surface area contributed by atoms with Gasteiger partial charge in [-0.3, -0.25) is 20.4 Å². The number of hydrogen-bond acceptors (Lipinski definition) is 5. The van der Waals surface area contributed by atoms with Crippen LogP contribution in [0.2, 0.25) is 0 Å². The summed E-state index contributed by atoms with van der Waals surface area (Å²) < 4.78 is 0. The van der Waals surface area contributed by atoms with Crippen molar-refractivity contribution in [1.82, 2.24) is 20.7 Å². The van der Waals surface area contributed by atoms with Gasteiger partial charge < -0.3 is 5.32 Å². The van der Waals surface area contributed by atoms with E-state index in [2.05, 4.69) is 26.1 Å². The molecule has 2 rings (SSSR count). The van der Waals surface area contributed by atoms with Crippen LogP contribution < -0.4 is 16.2 Å². The van der Waals surface area contributed by atoms with E-state index in [4.69, 9.17) is 0 Å². The first-order valence-corrected chi connectivity index (χ1v) is 8.52. The Labute approximate surface area is 153 Å². The van der Waals surface area contributed by atoms with Gasteiger partial charge in [-0.25, -0.2) is 9.97 Å². The van der Waals surface area contributed by atoms with E-state index in [-0.39, 0.29) is 17.7 Å². The molecule has 0 aliphatic rings. The standard InChI is InChI=1S/C19H25N5O2/c1-11(2)16(22-17(25)15-9-7-6-8-12(15)3)18(26)23-24-19-20-13(4)10-14(5)21-19/h6-11,16H,1-5H3,(H,22,25)(H,23,26)(H,20,21,24)/t16-/m1/s1. The summed E-state index contributed by atoms with van der Waals surface area (Å²) in [4.78, 5) is 33.5. The van der Waals surface area contributed by atoms with Gasteiger partial charge >= 0.3 is 0 Å². The second kappa shape index (κ2) is 8.42. The lowest BCUT2D eigenvalue weighted by molar-refractivity contribution is -0.123. The third kappa shape index (κ3) is 5.02. The van der Waals surface area contributed by atoms with Crippen molar-refractivity contribution in [1.29, 1.82) is 0 Å². The van der Waals surface area contributed by atoms with Crippen molar-refractivity contribution in [3.8, 4) is 0 Å². The molecule has 0 unspecified atom stereocenters. The Kier molecular flexibility index (Phi) is 6.27. The lowest BCUT2D eigenvalue weighted by atomic mass is 10.0. The number of carbonyl (C=O) groups is 2. The Morgan fingerprint density at radius 3 is 2.19 bits per heavy atom. The summed E-state index contributed by atoms with van der Waals surface area (Å²) in [6.07, 6.45) is 0. The van der Waals surface area contributed by atoms with Crippen LogP contribution in [-0.4, -0.2) is 27.8 Å². The fourth-order valence-electron chi connectivity index (χ4n) is 2.56. The lowest BCUT2D eigenvalue weighted by Crippen LogP contribution is -2.51. The van der Waals surface area contributed by atoms with Crippen molar-refractivity contribution in [3.05, 3.63) is 52.8 Å². The lowest BCUT2D eigenvalue weighted by Gasteiger charge is -2.22. The molecule has 0 spiro atoms. The van der Waals surface area contributed by atoms with Crippen LogP contribution in [0, 0.1) is 26.7 Å². The molecule has 138 valence electrons. The van der Waals surface area contributed by atoms with Gasteiger partial charge in [-0.15, -0.1) is 0 Å². The van der Waals surface area contributed by atoms with E-state index in [1.54, 1.807) is 12.1 Å². The second-order valence-electron chi connectivity index (χ2n) is 6.60. The molecule has 7 nitrogen and oxygen atoms in total. The van der Waals surface area contributed by atoms with Gasteiger partial charge in [-0.05, 0) is 44.4 Å². The van der Waals surface area contributed by atoms with E-state index >= 15 is 0 Å². The maximum atomic E-state index is 12.5. The highest BCUT2D eigenvalue weighted by Gasteiger charge is 2.25. The van der Waals surface area contributed by atoms with Crippen LogP contribution in [0.4, 0.5) is 5.95 Å². The number of hydrogen-bond donors (Lipinski definition) is 3. The number of aryl methyl sites for hydroxylation is 3. The van der Waals surface area contributed by atoms with Gasteiger partial charge in [-0.2, -0.15) is 0 Å². The van der Waals surface area contributed by atoms with Gasteiger partial charge in [0.2, 0.25) is 5.95 Å². The molecule has 1 atom stereocenters. The molecular weight excluding hydrogens is 330 g/mol. The fourth-order valence-corrected chi connectivity index (χ4v) is 2.56. The molecule has 0 saturated carbocycles. The van der Waals surface area contributed by atoms with Gasteiger partial charge in [0, 0.05) is 17.0 Å². The summed E-state index contributed by atoms with van der Waals surface area (Å²) in [5.41, 5.74) is 8.29. The first-order valence-electron chi connectivity index (χ1n) is 8.52. The molecule has 1 aromatic heterocycles. The van der Waals surface area contributed by atoms with Gasteiger partial charge in [0.05, 0.1) is 0 Å². The molecule has 26 heavy (non-hydrogen) atoms. The summed E-state index contributed by atoms with van der Waals surface area (Å²) in [5.74, 6) is -0.419. The van der Waals surface area contributed by atoms with Crippen LogP contribution >= 0.6 is 0 Å². The van der Waals surface area contributed by atoms with Crippen molar-refractivity contribution in [2.45, 2.75) is 40.7 Å². The third-order valence-electron chi connectivity index (χ3n) is 3.91. The molecule has 0 radical (unpaired) electrons. The predicted octanol–water partition coefficient (Wildman–Crippen LogP) is 2.30. The van der Waals surface area contributed by atoms with E-state index < -0.39 is 6.04 Å². The Hall–Kier alpha value is -2.96.